The normalized spacial score (nSPS) is 19.6. The lowest BCUT2D eigenvalue weighted by Gasteiger charge is -2.16. The highest BCUT2D eigenvalue weighted by atomic mass is 16.5. The van der Waals surface area contributed by atoms with Gasteiger partial charge in [-0.2, -0.15) is 0 Å². The second-order valence-corrected chi connectivity index (χ2v) is 4.95. The molecule has 0 aliphatic heterocycles. The van der Waals surface area contributed by atoms with Gasteiger partial charge in [-0.1, -0.05) is 18.9 Å². The second-order valence-electron chi connectivity index (χ2n) is 4.95. The number of aromatic nitrogens is 1. The van der Waals surface area contributed by atoms with Crippen LogP contribution in [0.4, 0.5) is 0 Å². The molecule has 0 radical (unpaired) electrons. The van der Waals surface area contributed by atoms with E-state index in [2.05, 4.69) is 4.98 Å². The quantitative estimate of drug-likeness (QED) is 0.817. The van der Waals surface area contributed by atoms with E-state index in [9.17, 15) is 0 Å². The van der Waals surface area contributed by atoms with Gasteiger partial charge in [0.1, 0.15) is 6.10 Å². The van der Waals surface area contributed by atoms with Crippen LogP contribution in [0.2, 0.25) is 0 Å². The molecule has 0 aromatic carbocycles. The summed E-state index contributed by atoms with van der Waals surface area (Å²) in [7, 11) is 0. The molecule has 1 heterocycles. The molecule has 0 saturated heterocycles. The average molecular weight is 234 g/mol. The van der Waals surface area contributed by atoms with E-state index in [1.54, 1.807) is 0 Å². The molecule has 1 aliphatic rings. The highest BCUT2D eigenvalue weighted by Crippen LogP contribution is 2.22. The van der Waals surface area contributed by atoms with Gasteiger partial charge in [-0.3, -0.25) is 0 Å². The van der Waals surface area contributed by atoms with E-state index >= 15 is 0 Å². The smallest absolute Gasteiger partial charge is 0.213 e. The van der Waals surface area contributed by atoms with Gasteiger partial charge in [0.05, 0.1) is 0 Å². The Morgan fingerprint density at radius 1 is 1.24 bits per heavy atom. The molecule has 0 amide bonds. The van der Waals surface area contributed by atoms with Crippen LogP contribution in [0.3, 0.4) is 0 Å². The van der Waals surface area contributed by atoms with Crippen molar-refractivity contribution in [3.05, 3.63) is 23.9 Å². The van der Waals surface area contributed by atoms with Crippen molar-refractivity contribution in [2.24, 2.45) is 5.73 Å². The first kappa shape index (κ1) is 12.4. The topological polar surface area (TPSA) is 48.1 Å². The van der Waals surface area contributed by atoms with Crippen molar-refractivity contribution in [2.45, 2.75) is 57.6 Å². The van der Waals surface area contributed by atoms with E-state index in [0.29, 0.717) is 6.10 Å². The fourth-order valence-electron chi connectivity index (χ4n) is 2.26. The third-order valence-corrected chi connectivity index (χ3v) is 3.37. The number of ether oxygens (including phenoxy) is 1. The molecule has 17 heavy (non-hydrogen) atoms. The minimum atomic E-state index is 0.0365. The van der Waals surface area contributed by atoms with Crippen LogP contribution in [0.15, 0.2) is 18.3 Å². The van der Waals surface area contributed by atoms with Gasteiger partial charge in [-0.15, -0.1) is 0 Å². The SMILES string of the molecule is CC(N)c1ccc(OC2CCCCCC2)nc1. The summed E-state index contributed by atoms with van der Waals surface area (Å²) in [5, 5.41) is 0. The van der Waals surface area contributed by atoms with Gasteiger partial charge in [-0.05, 0) is 38.2 Å². The summed E-state index contributed by atoms with van der Waals surface area (Å²) in [5.74, 6) is 0.737. The Hall–Kier alpha value is -1.09. The lowest BCUT2D eigenvalue weighted by molar-refractivity contribution is 0.176. The van der Waals surface area contributed by atoms with Crippen LogP contribution in [-0.4, -0.2) is 11.1 Å². The summed E-state index contributed by atoms with van der Waals surface area (Å²) in [6.45, 7) is 1.96. The molecule has 94 valence electrons. The van der Waals surface area contributed by atoms with Crippen molar-refractivity contribution < 1.29 is 4.74 Å². The summed E-state index contributed by atoms with van der Waals surface area (Å²) in [6, 6.07) is 3.97. The van der Waals surface area contributed by atoms with Crippen LogP contribution in [0.5, 0.6) is 5.88 Å². The number of pyridine rings is 1. The Kier molecular flexibility index (Phi) is 4.37. The molecular formula is C14H22N2O. The van der Waals surface area contributed by atoms with Crippen LogP contribution in [0, 0.1) is 0 Å². The molecule has 3 heteroatoms. The minimum Gasteiger partial charge on any atom is -0.474 e. The van der Waals surface area contributed by atoms with Gasteiger partial charge < -0.3 is 10.5 Å². The van der Waals surface area contributed by atoms with Crippen molar-refractivity contribution in [2.75, 3.05) is 0 Å². The molecule has 1 aromatic heterocycles. The standard InChI is InChI=1S/C14H22N2O/c1-11(15)12-8-9-14(16-10-12)17-13-6-4-2-3-5-7-13/h8-11,13H,2-7,15H2,1H3. The Bertz CT molecular complexity index is 327. The van der Waals surface area contributed by atoms with Gasteiger partial charge in [0, 0.05) is 18.3 Å². The third-order valence-electron chi connectivity index (χ3n) is 3.37. The lowest BCUT2D eigenvalue weighted by Crippen LogP contribution is -2.16. The Labute approximate surface area is 103 Å². The zero-order chi connectivity index (χ0) is 12.1. The van der Waals surface area contributed by atoms with Crippen LogP contribution in [0.25, 0.3) is 0 Å². The van der Waals surface area contributed by atoms with Crippen molar-refractivity contribution in [1.82, 2.24) is 4.98 Å². The number of nitrogens with zero attached hydrogens (tertiary/aromatic N) is 1. The van der Waals surface area contributed by atoms with Gasteiger partial charge in [0.25, 0.3) is 0 Å². The average Bonchev–Trinajstić information content (AvgIpc) is 2.58. The lowest BCUT2D eigenvalue weighted by atomic mass is 10.1. The molecule has 1 aliphatic carbocycles. The summed E-state index contributed by atoms with van der Waals surface area (Å²) in [6.07, 6.45) is 9.74. The van der Waals surface area contributed by atoms with E-state index in [-0.39, 0.29) is 6.04 Å². The zero-order valence-electron chi connectivity index (χ0n) is 10.6. The monoisotopic (exact) mass is 234 g/mol. The van der Waals surface area contributed by atoms with Crippen LogP contribution < -0.4 is 10.5 Å². The van der Waals surface area contributed by atoms with E-state index in [1.807, 2.05) is 25.3 Å². The maximum absolute atomic E-state index is 5.92. The van der Waals surface area contributed by atoms with Gasteiger partial charge >= 0.3 is 0 Å². The number of hydrogen-bond donors (Lipinski definition) is 1. The number of rotatable bonds is 3. The van der Waals surface area contributed by atoms with Gasteiger partial charge in [0.15, 0.2) is 0 Å². The fourth-order valence-corrected chi connectivity index (χ4v) is 2.26. The fraction of sp³-hybridized carbons (Fsp3) is 0.643. The van der Waals surface area contributed by atoms with Crippen molar-refractivity contribution >= 4 is 0 Å². The van der Waals surface area contributed by atoms with Crippen LogP contribution in [-0.2, 0) is 0 Å². The summed E-state index contributed by atoms with van der Waals surface area (Å²) in [5.41, 5.74) is 6.84. The van der Waals surface area contributed by atoms with E-state index in [4.69, 9.17) is 10.5 Å². The first-order valence-electron chi connectivity index (χ1n) is 6.64. The van der Waals surface area contributed by atoms with E-state index in [1.165, 1.54) is 25.7 Å². The van der Waals surface area contributed by atoms with Crippen LogP contribution >= 0.6 is 0 Å². The molecule has 1 atom stereocenters. The first-order valence-corrected chi connectivity index (χ1v) is 6.64. The second kappa shape index (κ2) is 6.01. The van der Waals surface area contributed by atoms with Gasteiger partial charge in [-0.25, -0.2) is 4.98 Å². The van der Waals surface area contributed by atoms with Crippen molar-refractivity contribution in [3.63, 3.8) is 0 Å². The molecule has 1 saturated carbocycles. The molecular weight excluding hydrogens is 212 g/mol. The first-order chi connectivity index (χ1) is 8.25. The largest absolute Gasteiger partial charge is 0.474 e. The molecule has 2 rings (SSSR count). The number of nitrogens with two attached hydrogens (primary N) is 1. The van der Waals surface area contributed by atoms with Gasteiger partial charge in [0.2, 0.25) is 5.88 Å². The molecule has 3 nitrogen and oxygen atoms in total. The Morgan fingerprint density at radius 3 is 2.47 bits per heavy atom. The van der Waals surface area contributed by atoms with E-state index in [0.717, 1.165) is 24.3 Å². The van der Waals surface area contributed by atoms with Crippen molar-refractivity contribution in [1.29, 1.82) is 0 Å². The molecule has 2 N–H and O–H groups in total. The third kappa shape index (κ3) is 3.70. The molecule has 1 aromatic rings. The molecule has 1 unspecified atom stereocenters. The maximum atomic E-state index is 5.92. The predicted molar refractivity (Wildman–Crippen MR) is 69.0 cm³/mol. The molecule has 1 fully saturated rings. The molecule has 0 spiro atoms. The number of hydrogen-bond acceptors (Lipinski definition) is 3. The van der Waals surface area contributed by atoms with E-state index < -0.39 is 0 Å². The highest BCUT2D eigenvalue weighted by Gasteiger charge is 2.14. The summed E-state index contributed by atoms with van der Waals surface area (Å²) in [4.78, 5) is 4.32. The summed E-state index contributed by atoms with van der Waals surface area (Å²) < 4.78 is 5.92. The summed E-state index contributed by atoms with van der Waals surface area (Å²) >= 11 is 0. The molecule has 0 bridgehead atoms. The van der Waals surface area contributed by atoms with Crippen LogP contribution in [0.1, 0.15) is 57.1 Å². The Balaban J connectivity index is 1.93. The zero-order valence-corrected chi connectivity index (χ0v) is 10.6. The highest BCUT2D eigenvalue weighted by molar-refractivity contribution is 5.20. The predicted octanol–water partition coefficient (Wildman–Crippen LogP) is 3.20. The van der Waals surface area contributed by atoms with Crippen molar-refractivity contribution in [3.8, 4) is 5.88 Å². The minimum absolute atomic E-state index is 0.0365. The maximum Gasteiger partial charge on any atom is 0.213 e. The Morgan fingerprint density at radius 2 is 1.94 bits per heavy atom.